The molecule has 1 amide bonds. The Morgan fingerprint density at radius 2 is 1.70 bits per heavy atom. The van der Waals surface area contributed by atoms with Gasteiger partial charge in [-0.25, -0.2) is 0 Å². The summed E-state index contributed by atoms with van der Waals surface area (Å²) in [6.45, 7) is 11.1. The van der Waals surface area contributed by atoms with Gasteiger partial charge in [0.05, 0.1) is 18.5 Å². The maximum Gasteiger partial charge on any atom is 0.229 e. The highest BCUT2D eigenvalue weighted by molar-refractivity contribution is 7.98. The number of hydrogen-bond acceptors (Lipinski definition) is 4. The Bertz CT molecular complexity index is 809. The average Bonchev–Trinajstić information content (AvgIpc) is 2.73. The van der Waals surface area contributed by atoms with E-state index in [4.69, 9.17) is 4.74 Å². The van der Waals surface area contributed by atoms with Crippen molar-refractivity contribution in [2.45, 2.75) is 58.1 Å². The molecule has 0 aromatic heterocycles. The summed E-state index contributed by atoms with van der Waals surface area (Å²) in [5, 5.41) is 6.68. The van der Waals surface area contributed by atoms with Gasteiger partial charge in [0, 0.05) is 22.6 Å². The molecule has 0 heterocycles. The minimum atomic E-state index is -0.446. The lowest BCUT2D eigenvalue weighted by molar-refractivity contribution is -0.123. The number of rotatable bonds is 10. The first kappa shape index (κ1) is 24.1. The number of benzene rings is 2. The molecule has 2 aromatic rings. The molecule has 2 rings (SSSR count). The fourth-order valence-electron chi connectivity index (χ4n) is 2.90. The van der Waals surface area contributed by atoms with Crippen LogP contribution < -0.4 is 15.4 Å². The highest BCUT2D eigenvalue weighted by Gasteiger charge is 2.22. The van der Waals surface area contributed by atoms with E-state index in [0.717, 1.165) is 47.2 Å². The van der Waals surface area contributed by atoms with Gasteiger partial charge in [-0.15, -0.1) is 11.8 Å². The van der Waals surface area contributed by atoms with Gasteiger partial charge in [-0.3, -0.25) is 4.79 Å². The van der Waals surface area contributed by atoms with E-state index in [0.29, 0.717) is 5.92 Å². The van der Waals surface area contributed by atoms with Crippen LogP contribution in [0, 0.1) is 11.3 Å². The smallest absolute Gasteiger partial charge is 0.229 e. The lowest BCUT2D eigenvalue weighted by atomic mass is 9.95. The lowest BCUT2D eigenvalue weighted by Gasteiger charge is -2.22. The van der Waals surface area contributed by atoms with Crippen molar-refractivity contribution in [3.05, 3.63) is 48.0 Å². The summed E-state index contributed by atoms with van der Waals surface area (Å²) in [6.07, 6.45) is 2.28. The zero-order valence-corrected chi connectivity index (χ0v) is 20.0. The normalized spacial score (nSPS) is 11.4. The Kier molecular flexibility index (Phi) is 9.09. The van der Waals surface area contributed by atoms with Crippen LogP contribution in [0.25, 0.3) is 0 Å². The van der Waals surface area contributed by atoms with Crippen LogP contribution >= 0.6 is 11.8 Å². The molecule has 0 spiro atoms. The van der Waals surface area contributed by atoms with Gasteiger partial charge in [0.2, 0.25) is 5.91 Å². The van der Waals surface area contributed by atoms with Gasteiger partial charge in [0.25, 0.3) is 0 Å². The zero-order chi connectivity index (χ0) is 22.1. The fourth-order valence-corrected chi connectivity index (χ4v) is 3.79. The average molecular weight is 429 g/mol. The first-order valence-electron chi connectivity index (χ1n) is 10.7. The van der Waals surface area contributed by atoms with Gasteiger partial charge < -0.3 is 15.4 Å². The SMILES string of the molecule is CCC(CC)CNc1ccc(SCc2ccc(OC)cc2)cc1NC(=O)C(C)(C)C. The standard InChI is InChI=1S/C25H36N2O2S/c1-7-18(8-2)16-26-22-14-13-21(15-23(22)27-24(28)25(3,4)5)30-17-19-9-11-20(29-6)12-10-19/h9-15,18,26H,7-8,16-17H2,1-6H3,(H,27,28). The summed E-state index contributed by atoms with van der Waals surface area (Å²) in [4.78, 5) is 13.8. The van der Waals surface area contributed by atoms with Crippen molar-refractivity contribution in [3.8, 4) is 5.75 Å². The summed E-state index contributed by atoms with van der Waals surface area (Å²) < 4.78 is 5.23. The van der Waals surface area contributed by atoms with E-state index >= 15 is 0 Å². The molecular formula is C25H36N2O2S. The highest BCUT2D eigenvalue weighted by Crippen LogP contribution is 2.32. The maximum atomic E-state index is 12.6. The van der Waals surface area contributed by atoms with Gasteiger partial charge in [0.1, 0.15) is 5.75 Å². The molecule has 0 radical (unpaired) electrons. The third-order valence-electron chi connectivity index (χ3n) is 5.22. The molecule has 5 heteroatoms. The molecule has 0 unspecified atom stereocenters. The number of amides is 1. The van der Waals surface area contributed by atoms with E-state index in [2.05, 4.69) is 54.8 Å². The third-order valence-corrected chi connectivity index (χ3v) is 6.29. The molecule has 0 saturated carbocycles. The minimum absolute atomic E-state index is 0.0189. The van der Waals surface area contributed by atoms with Crippen molar-refractivity contribution in [3.63, 3.8) is 0 Å². The maximum absolute atomic E-state index is 12.6. The van der Waals surface area contributed by atoms with E-state index in [-0.39, 0.29) is 5.91 Å². The van der Waals surface area contributed by atoms with Crippen LogP contribution in [0.2, 0.25) is 0 Å². The van der Waals surface area contributed by atoms with Crippen molar-refractivity contribution in [1.82, 2.24) is 0 Å². The van der Waals surface area contributed by atoms with E-state index in [1.165, 1.54) is 5.56 Å². The first-order chi connectivity index (χ1) is 14.3. The second-order valence-corrected chi connectivity index (χ2v) is 9.66. The summed E-state index contributed by atoms with van der Waals surface area (Å²) in [5.41, 5.74) is 2.62. The number of hydrogen-bond donors (Lipinski definition) is 2. The number of nitrogens with one attached hydrogen (secondary N) is 2. The van der Waals surface area contributed by atoms with Gasteiger partial charge in [-0.05, 0) is 41.8 Å². The molecule has 4 nitrogen and oxygen atoms in total. The Balaban J connectivity index is 2.16. The number of carbonyl (C=O) groups excluding carboxylic acids is 1. The summed E-state index contributed by atoms with van der Waals surface area (Å²) >= 11 is 1.76. The van der Waals surface area contributed by atoms with Gasteiger partial charge in [-0.1, -0.05) is 59.6 Å². The number of carbonyl (C=O) groups is 1. The molecule has 2 N–H and O–H groups in total. The second-order valence-electron chi connectivity index (χ2n) is 8.61. The lowest BCUT2D eigenvalue weighted by Crippen LogP contribution is -2.28. The number of ether oxygens (including phenoxy) is 1. The van der Waals surface area contributed by atoms with E-state index < -0.39 is 5.41 Å². The molecule has 0 saturated heterocycles. The van der Waals surface area contributed by atoms with Crippen LogP contribution in [0.3, 0.4) is 0 Å². The van der Waals surface area contributed by atoms with Crippen molar-refractivity contribution in [2.24, 2.45) is 11.3 Å². The predicted molar refractivity (Wildman–Crippen MR) is 130 cm³/mol. The van der Waals surface area contributed by atoms with Gasteiger partial charge in [0.15, 0.2) is 0 Å². The molecule has 0 atom stereocenters. The van der Waals surface area contributed by atoms with Crippen LogP contribution in [-0.2, 0) is 10.5 Å². The molecule has 164 valence electrons. The Morgan fingerprint density at radius 3 is 2.27 bits per heavy atom. The first-order valence-corrected chi connectivity index (χ1v) is 11.7. The van der Waals surface area contributed by atoms with Gasteiger partial charge >= 0.3 is 0 Å². The van der Waals surface area contributed by atoms with Crippen molar-refractivity contribution in [1.29, 1.82) is 0 Å². The van der Waals surface area contributed by atoms with Crippen LogP contribution in [0.1, 0.15) is 53.0 Å². The number of methoxy groups -OCH3 is 1. The van der Waals surface area contributed by atoms with E-state index in [1.807, 2.05) is 32.9 Å². The molecule has 0 aliphatic rings. The molecule has 0 bridgehead atoms. The van der Waals surface area contributed by atoms with E-state index in [1.54, 1.807) is 18.9 Å². The Labute approximate surface area is 186 Å². The second kappa shape index (κ2) is 11.3. The Hall–Kier alpha value is -2.14. The molecule has 0 aliphatic carbocycles. The van der Waals surface area contributed by atoms with Crippen molar-refractivity contribution < 1.29 is 9.53 Å². The number of thioether (sulfide) groups is 1. The van der Waals surface area contributed by atoms with Crippen LogP contribution in [0.5, 0.6) is 5.75 Å². The topological polar surface area (TPSA) is 50.4 Å². The number of anilines is 2. The third kappa shape index (κ3) is 7.28. The molecule has 0 fully saturated rings. The minimum Gasteiger partial charge on any atom is -0.497 e. The molecule has 0 aliphatic heterocycles. The van der Waals surface area contributed by atoms with E-state index in [9.17, 15) is 4.79 Å². The van der Waals surface area contributed by atoms with Gasteiger partial charge in [-0.2, -0.15) is 0 Å². The van der Waals surface area contributed by atoms with Crippen LogP contribution in [0.4, 0.5) is 11.4 Å². The van der Waals surface area contributed by atoms with Crippen LogP contribution in [-0.4, -0.2) is 19.6 Å². The van der Waals surface area contributed by atoms with Crippen LogP contribution in [0.15, 0.2) is 47.4 Å². The zero-order valence-electron chi connectivity index (χ0n) is 19.2. The molecular weight excluding hydrogens is 392 g/mol. The van der Waals surface area contributed by atoms with Crippen molar-refractivity contribution in [2.75, 3.05) is 24.3 Å². The quantitative estimate of drug-likeness (QED) is 0.408. The summed E-state index contributed by atoms with van der Waals surface area (Å²) in [7, 11) is 1.68. The van der Waals surface area contributed by atoms with Crippen molar-refractivity contribution >= 4 is 29.0 Å². The summed E-state index contributed by atoms with van der Waals surface area (Å²) in [5.74, 6) is 2.37. The summed E-state index contributed by atoms with van der Waals surface area (Å²) in [6, 6.07) is 14.4. The molecule has 30 heavy (non-hydrogen) atoms. The monoisotopic (exact) mass is 428 g/mol. The highest BCUT2D eigenvalue weighted by atomic mass is 32.2. The fraction of sp³-hybridized carbons (Fsp3) is 0.480. The Morgan fingerprint density at radius 1 is 1.03 bits per heavy atom. The molecule has 2 aromatic carbocycles. The predicted octanol–water partition coefficient (Wildman–Crippen LogP) is 6.82. The largest absolute Gasteiger partial charge is 0.497 e.